The van der Waals surface area contributed by atoms with Crippen molar-refractivity contribution < 1.29 is 5.11 Å². The number of rotatable bonds is 3. The molecule has 1 saturated heterocycles. The van der Waals surface area contributed by atoms with E-state index in [1.165, 1.54) is 19.3 Å². The van der Waals surface area contributed by atoms with Gasteiger partial charge in [-0.15, -0.1) is 0 Å². The van der Waals surface area contributed by atoms with Crippen LogP contribution in [0.4, 0.5) is 0 Å². The lowest BCUT2D eigenvalue weighted by atomic mass is 9.87. The topological polar surface area (TPSA) is 32.3 Å². The van der Waals surface area contributed by atoms with Crippen molar-refractivity contribution in [3.63, 3.8) is 0 Å². The predicted molar refractivity (Wildman–Crippen MR) is 55.7 cm³/mol. The lowest BCUT2D eigenvalue weighted by Crippen LogP contribution is -2.48. The minimum atomic E-state index is 0.308. The van der Waals surface area contributed by atoms with Crippen LogP contribution in [0.5, 0.6) is 0 Å². The average molecular weight is 185 g/mol. The molecule has 1 heterocycles. The zero-order valence-corrected chi connectivity index (χ0v) is 9.09. The first-order valence-electron chi connectivity index (χ1n) is 5.52. The molecule has 2 nitrogen and oxygen atoms in total. The van der Waals surface area contributed by atoms with Crippen LogP contribution in [0.15, 0.2) is 0 Å². The van der Waals surface area contributed by atoms with Crippen LogP contribution in [-0.4, -0.2) is 23.8 Å². The van der Waals surface area contributed by atoms with Crippen LogP contribution < -0.4 is 5.32 Å². The molecule has 1 aliphatic rings. The summed E-state index contributed by atoms with van der Waals surface area (Å²) in [5, 5.41) is 12.7. The molecule has 78 valence electrons. The fraction of sp³-hybridized carbons (Fsp3) is 1.00. The molecule has 0 aliphatic carbocycles. The Hall–Kier alpha value is -0.0800. The van der Waals surface area contributed by atoms with E-state index in [0.717, 1.165) is 0 Å². The lowest BCUT2D eigenvalue weighted by Gasteiger charge is -2.36. The van der Waals surface area contributed by atoms with Crippen LogP contribution in [0, 0.1) is 11.8 Å². The van der Waals surface area contributed by atoms with Crippen LogP contribution in [0.25, 0.3) is 0 Å². The number of piperidine rings is 1. The SMILES string of the molecule is CC(C)[C@@H]1CCCC([C@@H](C)CO)N1. The summed E-state index contributed by atoms with van der Waals surface area (Å²) in [6.45, 7) is 6.97. The van der Waals surface area contributed by atoms with Crippen LogP contribution in [0.3, 0.4) is 0 Å². The molecule has 0 spiro atoms. The normalized spacial score (nSPS) is 32.1. The zero-order chi connectivity index (χ0) is 9.84. The van der Waals surface area contributed by atoms with E-state index in [2.05, 4.69) is 26.1 Å². The van der Waals surface area contributed by atoms with Gasteiger partial charge in [-0.05, 0) is 24.7 Å². The van der Waals surface area contributed by atoms with Crippen LogP contribution in [0.2, 0.25) is 0 Å². The molecule has 1 rings (SSSR count). The number of nitrogens with one attached hydrogen (secondary N) is 1. The highest BCUT2D eigenvalue weighted by molar-refractivity contribution is 4.84. The van der Waals surface area contributed by atoms with Crippen molar-refractivity contribution in [2.75, 3.05) is 6.61 Å². The van der Waals surface area contributed by atoms with Gasteiger partial charge >= 0.3 is 0 Å². The Morgan fingerprint density at radius 2 is 1.85 bits per heavy atom. The van der Waals surface area contributed by atoms with Gasteiger partial charge in [0.15, 0.2) is 0 Å². The molecule has 2 N–H and O–H groups in total. The number of aliphatic hydroxyl groups excluding tert-OH is 1. The van der Waals surface area contributed by atoms with E-state index < -0.39 is 0 Å². The molecule has 0 aromatic rings. The minimum absolute atomic E-state index is 0.308. The molecular formula is C11H23NO. The van der Waals surface area contributed by atoms with E-state index in [4.69, 9.17) is 5.11 Å². The largest absolute Gasteiger partial charge is 0.396 e. The van der Waals surface area contributed by atoms with E-state index in [1.54, 1.807) is 0 Å². The highest BCUT2D eigenvalue weighted by Gasteiger charge is 2.26. The molecule has 0 radical (unpaired) electrons. The molecule has 2 heteroatoms. The minimum Gasteiger partial charge on any atom is -0.396 e. The van der Waals surface area contributed by atoms with Crippen molar-refractivity contribution in [1.29, 1.82) is 0 Å². The fourth-order valence-corrected chi connectivity index (χ4v) is 2.10. The predicted octanol–water partition coefficient (Wildman–Crippen LogP) is 1.78. The molecule has 1 fully saturated rings. The Morgan fingerprint density at radius 3 is 2.38 bits per heavy atom. The van der Waals surface area contributed by atoms with Gasteiger partial charge < -0.3 is 10.4 Å². The first-order chi connectivity index (χ1) is 6.15. The number of hydrogen-bond acceptors (Lipinski definition) is 2. The molecule has 13 heavy (non-hydrogen) atoms. The standard InChI is InChI=1S/C11H23NO/c1-8(2)10-5-4-6-11(12-10)9(3)7-13/h8-13H,4-7H2,1-3H3/t9-,10-,11?/m0/s1. The second kappa shape index (κ2) is 4.97. The van der Waals surface area contributed by atoms with Gasteiger partial charge in [0.1, 0.15) is 0 Å². The summed E-state index contributed by atoms with van der Waals surface area (Å²) in [5.41, 5.74) is 0. The third-order valence-electron chi connectivity index (χ3n) is 3.24. The molecule has 0 bridgehead atoms. The molecule has 0 aromatic heterocycles. The van der Waals surface area contributed by atoms with Crippen molar-refractivity contribution in [3.8, 4) is 0 Å². The molecular weight excluding hydrogens is 162 g/mol. The average Bonchev–Trinajstić information content (AvgIpc) is 2.17. The number of hydrogen-bond donors (Lipinski definition) is 2. The van der Waals surface area contributed by atoms with Crippen LogP contribution in [0.1, 0.15) is 40.0 Å². The highest BCUT2D eigenvalue weighted by Crippen LogP contribution is 2.22. The van der Waals surface area contributed by atoms with Crippen molar-refractivity contribution in [2.24, 2.45) is 11.8 Å². The lowest BCUT2D eigenvalue weighted by molar-refractivity contribution is 0.158. The molecule has 1 unspecified atom stereocenters. The van der Waals surface area contributed by atoms with Crippen molar-refractivity contribution in [1.82, 2.24) is 5.32 Å². The second-order valence-electron chi connectivity index (χ2n) is 4.71. The first kappa shape index (κ1) is 11.0. The van der Waals surface area contributed by atoms with E-state index in [9.17, 15) is 0 Å². The summed E-state index contributed by atoms with van der Waals surface area (Å²) in [7, 11) is 0. The third-order valence-corrected chi connectivity index (χ3v) is 3.24. The maximum absolute atomic E-state index is 9.07. The second-order valence-corrected chi connectivity index (χ2v) is 4.71. The van der Waals surface area contributed by atoms with E-state index in [-0.39, 0.29) is 0 Å². The van der Waals surface area contributed by atoms with Gasteiger partial charge in [0.2, 0.25) is 0 Å². The number of aliphatic hydroxyl groups is 1. The van der Waals surface area contributed by atoms with Gasteiger partial charge in [0.25, 0.3) is 0 Å². The van der Waals surface area contributed by atoms with E-state index >= 15 is 0 Å². The Balaban J connectivity index is 2.41. The summed E-state index contributed by atoms with van der Waals surface area (Å²) in [6, 6.07) is 1.19. The van der Waals surface area contributed by atoms with Crippen molar-refractivity contribution in [3.05, 3.63) is 0 Å². The fourth-order valence-electron chi connectivity index (χ4n) is 2.10. The van der Waals surface area contributed by atoms with Crippen molar-refractivity contribution >= 4 is 0 Å². The Morgan fingerprint density at radius 1 is 1.23 bits per heavy atom. The molecule has 3 atom stereocenters. The van der Waals surface area contributed by atoms with Gasteiger partial charge in [-0.2, -0.15) is 0 Å². The van der Waals surface area contributed by atoms with E-state index in [0.29, 0.717) is 30.5 Å². The third kappa shape index (κ3) is 2.96. The van der Waals surface area contributed by atoms with Crippen LogP contribution >= 0.6 is 0 Å². The summed E-state index contributed by atoms with van der Waals surface area (Å²) in [5.74, 6) is 1.12. The Labute approximate surface area is 81.7 Å². The summed E-state index contributed by atoms with van der Waals surface area (Å²) >= 11 is 0. The molecule has 0 aromatic carbocycles. The van der Waals surface area contributed by atoms with Gasteiger partial charge in [0.05, 0.1) is 0 Å². The molecule has 1 aliphatic heterocycles. The van der Waals surface area contributed by atoms with Gasteiger partial charge in [-0.1, -0.05) is 27.2 Å². The molecule has 0 amide bonds. The zero-order valence-electron chi connectivity index (χ0n) is 9.09. The maximum atomic E-state index is 9.07. The summed E-state index contributed by atoms with van der Waals surface area (Å²) < 4.78 is 0. The van der Waals surface area contributed by atoms with Gasteiger partial charge in [-0.25, -0.2) is 0 Å². The monoisotopic (exact) mass is 185 g/mol. The van der Waals surface area contributed by atoms with Gasteiger partial charge in [0, 0.05) is 18.7 Å². The smallest absolute Gasteiger partial charge is 0.0471 e. The summed E-state index contributed by atoms with van der Waals surface area (Å²) in [6.07, 6.45) is 3.84. The quantitative estimate of drug-likeness (QED) is 0.702. The highest BCUT2D eigenvalue weighted by atomic mass is 16.3. The Kier molecular flexibility index (Phi) is 4.20. The van der Waals surface area contributed by atoms with Gasteiger partial charge in [-0.3, -0.25) is 0 Å². The Bertz CT molecular complexity index is 147. The van der Waals surface area contributed by atoms with Crippen molar-refractivity contribution in [2.45, 2.75) is 52.1 Å². The van der Waals surface area contributed by atoms with Crippen LogP contribution in [-0.2, 0) is 0 Å². The van der Waals surface area contributed by atoms with E-state index in [1.807, 2.05) is 0 Å². The maximum Gasteiger partial charge on any atom is 0.0471 e. The molecule has 0 saturated carbocycles. The first-order valence-corrected chi connectivity index (χ1v) is 5.52. The summed E-state index contributed by atoms with van der Waals surface area (Å²) in [4.78, 5) is 0.